The van der Waals surface area contributed by atoms with Crippen LogP contribution in [0.1, 0.15) is 38.7 Å². The van der Waals surface area contributed by atoms with Gasteiger partial charge in [-0.25, -0.2) is 4.79 Å². The minimum absolute atomic E-state index is 0.0266. The first-order valence-electron chi connectivity index (χ1n) is 8.47. The molecule has 1 aromatic heterocycles. The summed E-state index contributed by atoms with van der Waals surface area (Å²) in [6, 6.07) is 15.5. The second-order valence-corrected chi connectivity index (χ2v) is 7.75. The molecule has 0 saturated heterocycles. The van der Waals surface area contributed by atoms with Crippen LogP contribution in [-0.4, -0.2) is 22.4 Å². The van der Waals surface area contributed by atoms with Crippen LogP contribution in [0.5, 0.6) is 0 Å². The molecular weight excluding hydrogens is 334 g/mol. The molecule has 1 fully saturated rings. The molecule has 0 unspecified atom stereocenters. The lowest BCUT2D eigenvalue weighted by atomic mass is 10.1. The van der Waals surface area contributed by atoms with Crippen LogP contribution >= 0.6 is 12.2 Å². The third-order valence-electron chi connectivity index (χ3n) is 4.16. The Kier molecular flexibility index (Phi) is 5.06. The Hall–Kier alpha value is -1.98. The molecule has 1 heterocycles. The zero-order valence-corrected chi connectivity index (χ0v) is 15.5. The number of benzene rings is 1. The third-order valence-corrected chi connectivity index (χ3v) is 4.48. The molecule has 0 aliphatic heterocycles. The summed E-state index contributed by atoms with van der Waals surface area (Å²) < 4.78 is 7.96. The van der Waals surface area contributed by atoms with E-state index in [1.165, 1.54) is 10.3 Å². The maximum Gasteiger partial charge on any atom is 0.333 e. The second-order valence-electron chi connectivity index (χ2n) is 7.33. The van der Waals surface area contributed by atoms with Crippen LogP contribution in [0.15, 0.2) is 54.7 Å². The van der Waals surface area contributed by atoms with E-state index in [1.54, 1.807) is 18.3 Å². The summed E-state index contributed by atoms with van der Waals surface area (Å²) in [4.78, 5) is 17.7. The van der Waals surface area contributed by atoms with E-state index in [2.05, 4.69) is 12.1 Å². The molecule has 0 bridgehead atoms. The van der Waals surface area contributed by atoms with Crippen molar-refractivity contribution in [3.8, 4) is 0 Å². The summed E-state index contributed by atoms with van der Waals surface area (Å²) in [5.74, 6) is 0.0389. The van der Waals surface area contributed by atoms with Crippen LogP contribution in [0.4, 0.5) is 0 Å². The number of aromatic nitrogens is 1. The fraction of sp³-hybridized carbons (Fsp3) is 0.400. The van der Waals surface area contributed by atoms with Crippen LogP contribution in [0.25, 0.3) is 0 Å². The molecule has 132 valence electrons. The van der Waals surface area contributed by atoms with Crippen molar-refractivity contribution in [2.45, 2.75) is 44.8 Å². The number of hydrogen-bond acceptors (Lipinski definition) is 4. The zero-order chi connectivity index (χ0) is 18.0. The molecule has 3 rings (SSSR count). The van der Waals surface area contributed by atoms with Gasteiger partial charge in [0.25, 0.3) is 0 Å². The normalized spacial score (nSPS) is 22.4. The number of hydrogen-bond donors (Lipinski definition) is 0. The number of pyridine rings is 1. The SMILES string of the molecule is CC(C)(C)O[C@@H]1[C@@H](CC(=O)On2ccccc2=S)[C@@H]1c1ccccc1. The number of nitrogens with zero attached hydrogens (tertiary/aromatic N) is 1. The maximum atomic E-state index is 12.4. The summed E-state index contributed by atoms with van der Waals surface area (Å²) in [6.07, 6.45) is 1.97. The van der Waals surface area contributed by atoms with Gasteiger partial charge in [0.05, 0.1) is 18.1 Å². The zero-order valence-electron chi connectivity index (χ0n) is 14.7. The van der Waals surface area contributed by atoms with E-state index in [0.29, 0.717) is 11.1 Å². The molecule has 1 aliphatic carbocycles. The topological polar surface area (TPSA) is 40.5 Å². The summed E-state index contributed by atoms with van der Waals surface area (Å²) >= 11 is 5.16. The average Bonchev–Trinajstić information content (AvgIpc) is 3.20. The van der Waals surface area contributed by atoms with E-state index < -0.39 is 0 Å². The molecule has 0 radical (unpaired) electrons. The van der Waals surface area contributed by atoms with Crippen molar-refractivity contribution in [1.82, 2.24) is 4.73 Å². The van der Waals surface area contributed by atoms with E-state index in [9.17, 15) is 4.79 Å². The van der Waals surface area contributed by atoms with Gasteiger partial charge in [0.1, 0.15) is 4.64 Å². The molecule has 5 heteroatoms. The van der Waals surface area contributed by atoms with E-state index >= 15 is 0 Å². The van der Waals surface area contributed by atoms with Crippen molar-refractivity contribution in [3.05, 3.63) is 64.9 Å². The number of carbonyl (C=O) groups is 1. The Morgan fingerprint density at radius 2 is 1.80 bits per heavy atom. The van der Waals surface area contributed by atoms with Gasteiger partial charge in [0.2, 0.25) is 0 Å². The Morgan fingerprint density at radius 1 is 1.12 bits per heavy atom. The monoisotopic (exact) mass is 357 g/mol. The first kappa shape index (κ1) is 17.8. The predicted molar refractivity (Wildman–Crippen MR) is 98.8 cm³/mol. The van der Waals surface area contributed by atoms with Gasteiger partial charge < -0.3 is 9.57 Å². The molecule has 0 amide bonds. The lowest BCUT2D eigenvalue weighted by Crippen LogP contribution is -2.23. The number of carbonyl (C=O) groups excluding carboxylic acids is 1. The number of ether oxygens (including phenoxy) is 1. The number of rotatable bonds is 5. The Bertz CT molecular complexity index is 794. The van der Waals surface area contributed by atoms with Crippen LogP contribution in [0.3, 0.4) is 0 Å². The Labute approximate surface area is 153 Å². The summed E-state index contributed by atoms with van der Waals surface area (Å²) in [5, 5.41) is 0. The van der Waals surface area contributed by atoms with Crippen LogP contribution in [0.2, 0.25) is 0 Å². The van der Waals surface area contributed by atoms with Gasteiger partial charge in [-0.15, -0.1) is 0 Å². The van der Waals surface area contributed by atoms with Gasteiger partial charge in [-0.2, -0.15) is 4.73 Å². The summed E-state index contributed by atoms with van der Waals surface area (Å²) in [7, 11) is 0. The van der Waals surface area contributed by atoms with Gasteiger partial charge in [-0.3, -0.25) is 0 Å². The van der Waals surface area contributed by atoms with Crippen LogP contribution < -0.4 is 4.84 Å². The van der Waals surface area contributed by atoms with Crippen molar-refractivity contribution in [1.29, 1.82) is 0 Å². The van der Waals surface area contributed by atoms with E-state index in [4.69, 9.17) is 21.8 Å². The van der Waals surface area contributed by atoms with E-state index in [0.717, 1.165) is 0 Å². The Morgan fingerprint density at radius 3 is 2.44 bits per heavy atom. The second kappa shape index (κ2) is 7.10. The smallest absolute Gasteiger partial charge is 0.333 e. The summed E-state index contributed by atoms with van der Waals surface area (Å²) in [5.41, 5.74) is 0.948. The fourth-order valence-electron chi connectivity index (χ4n) is 3.09. The lowest BCUT2D eigenvalue weighted by molar-refractivity contribution is -0.145. The lowest BCUT2D eigenvalue weighted by Gasteiger charge is -2.20. The standard InChI is InChI=1S/C20H23NO3S/c1-20(2,3)23-19-15(18(19)14-9-5-4-6-10-14)13-17(22)24-21-12-8-7-11-16(21)25/h4-12,15,18-19H,13H2,1-3H3/t15-,18-,19+/m0/s1. The minimum atomic E-state index is -0.298. The minimum Gasteiger partial charge on any atom is -0.372 e. The molecular formula is C20H23NO3S. The highest BCUT2D eigenvalue weighted by atomic mass is 32.1. The molecule has 3 atom stereocenters. The van der Waals surface area contributed by atoms with Gasteiger partial charge >= 0.3 is 5.97 Å². The van der Waals surface area contributed by atoms with Crippen molar-refractivity contribution >= 4 is 18.2 Å². The summed E-state index contributed by atoms with van der Waals surface area (Å²) in [6.45, 7) is 6.10. The van der Waals surface area contributed by atoms with Crippen molar-refractivity contribution in [3.63, 3.8) is 0 Å². The first-order chi connectivity index (χ1) is 11.8. The van der Waals surface area contributed by atoms with E-state index in [-0.39, 0.29) is 29.5 Å². The van der Waals surface area contributed by atoms with Gasteiger partial charge in [0.15, 0.2) is 0 Å². The largest absolute Gasteiger partial charge is 0.372 e. The molecule has 1 aliphatic rings. The molecule has 4 nitrogen and oxygen atoms in total. The first-order valence-corrected chi connectivity index (χ1v) is 8.87. The maximum absolute atomic E-state index is 12.4. The highest BCUT2D eigenvalue weighted by molar-refractivity contribution is 7.71. The van der Waals surface area contributed by atoms with Crippen molar-refractivity contribution in [2.75, 3.05) is 0 Å². The quantitative estimate of drug-likeness (QED) is 0.754. The average molecular weight is 357 g/mol. The molecule has 1 aromatic carbocycles. The van der Waals surface area contributed by atoms with Gasteiger partial charge in [-0.05, 0) is 38.5 Å². The molecule has 2 aromatic rings. The van der Waals surface area contributed by atoms with Crippen molar-refractivity contribution in [2.24, 2.45) is 5.92 Å². The highest BCUT2D eigenvalue weighted by Gasteiger charge is 2.54. The fourth-order valence-corrected chi connectivity index (χ4v) is 3.27. The van der Waals surface area contributed by atoms with Gasteiger partial charge in [0, 0.05) is 18.0 Å². The predicted octanol–water partition coefficient (Wildman–Crippen LogP) is 4.16. The highest BCUT2D eigenvalue weighted by Crippen LogP contribution is 2.53. The van der Waals surface area contributed by atoms with E-state index in [1.807, 2.05) is 45.0 Å². The van der Waals surface area contributed by atoms with Crippen LogP contribution in [0, 0.1) is 10.6 Å². The Balaban J connectivity index is 1.70. The van der Waals surface area contributed by atoms with Crippen molar-refractivity contribution < 1.29 is 14.4 Å². The third kappa shape index (κ3) is 4.55. The molecule has 0 spiro atoms. The molecule has 1 saturated carbocycles. The molecule has 0 N–H and O–H groups in total. The molecule has 25 heavy (non-hydrogen) atoms. The van der Waals surface area contributed by atoms with Gasteiger partial charge in [-0.1, -0.05) is 48.6 Å². The van der Waals surface area contributed by atoms with Crippen LogP contribution in [-0.2, 0) is 9.53 Å².